The summed E-state index contributed by atoms with van der Waals surface area (Å²) in [6.45, 7) is 3.18. The molecule has 3 aromatic carbocycles. The smallest absolute Gasteiger partial charge is 0.416 e. The molecule has 0 spiro atoms. The highest BCUT2D eigenvalue weighted by atomic mass is 79.9. The molecule has 3 fully saturated rings. The van der Waals surface area contributed by atoms with Crippen molar-refractivity contribution in [1.82, 2.24) is 0 Å². The van der Waals surface area contributed by atoms with E-state index in [0.29, 0.717) is 6.54 Å². The summed E-state index contributed by atoms with van der Waals surface area (Å²) < 4.78 is 40.4. The standard InChI is InChI=1S/C28H29F3NO.BrH/c29-28(30,31)25-13-7-8-22(20-25)21-32-17-14-26(15-18-32,16-19-32)27(33,23-9-3-1-4-10-23)24-11-5-2-6-12-24;/h1-13,20,33H,14-19,21H2;1H/q+1;/p-1. The minimum atomic E-state index is -4.32. The Morgan fingerprint density at radius 2 is 1.18 bits per heavy atom. The predicted molar refractivity (Wildman–Crippen MR) is 122 cm³/mol. The zero-order valence-electron chi connectivity index (χ0n) is 18.9. The fraction of sp³-hybridized carbons (Fsp3) is 0.357. The maximum Gasteiger partial charge on any atom is 0.416 e. The molecule has 0 radical (unpaired) electrons. The molecular formula is C28H29BrF3NO. The van der Waals surface area contributed by atoms with Crippen LogP contribution in [0.25, 0.3) is 0 Å². The Labute approximate surface area is 209 Å². The van der Waals surface area contributed by atoms with Crippen LogP contribution in [0.1, 0.15) is 41.5 Å². The fourth-order valence-corrected chi connectivity index (χ4v) is 6.21. The van der Waals surface area contributed by atoms with Gasteiger partial charge in [0.15, 0.2) is 0 Å². The van der Waals surface area contributed by atoms with Crippen molar-refractivity contribution in [2.24, 2.45) is 5.41 Å². The van der Waals surface area contributed by atoms with Crippen molar-refractivity contribution in [3.63, 3.8) is 0 Å². The fourth-order valence-electron chi connectivity index (χ4n) is 6.21. The Balaban J connectivity index is 0.00000274. The van der Waals surface area contributed by atoms with Crippen molar-refractivity contribution in [1.29, 1.82) is 0 Å². The van der Waals surface area contributed by atoms with Crippen molar-refractivity contribution in [2.45, 2.75) is 37.6 Å². The molecular weight excluding hydrogens is 503 g/mol. The van der Waals surface area contributed by atoms with Gasteiger partial charge in [-0.3, -0.25) is 0 Å². The number of fused-ring (bicyclic) bond motifs is 3. The van der Waals surface area contributed by atoms with Gasteiger partial charge in [0.2, 0.25) is 0 Å². The second kappa shape index (κ2) is 9.14. The molecule has 0 saturated carbocycles. The van der Waals surface area contributed by atoms with Gasteiger partial charge in [0.25, 0.3) is 0 Å². The summed E-state index contributed by atoms with van der Waals surface area (Å²) in [5.74, 6) is 0. The van der Waals surface area contributed by atoms with Gasteiger partial charge in [-0.25, -0.2) is 0 Å². The van der Waals surface area contributed by atoms with Crippen molar-refractivity contribution in [3.8, 4) is 0 Å². The second-order valence-corrected chi connectivity index (χ2v) is 9.84. The molecule has 3 aromatic rings. The lowest BCUT2D eigenvalue weighted by molar-refractivity contribution is -0.958. The lowest BCUT2D eigenvalue weighted by Gasteiger charge is -2.60. The van der Waals surface area contributed by atoms with Crippen molar-refractivity contribution in [3.05, 3.63) is 107 Å². The Morgan fingerprint density at radius 3 is 1.65 bits per heavy atom. The Morgan fingerprint density at radius 1 is 0.706 bits per heavy atom. The first-order chi connectivity index (χ1) is 15.8. The van der Waals surface area contributed by atoms with Crippen LogP contribution < -0.4 is 17.0 Å². The Hall–Kier alpha value is -2.15. The molecule has 0 unspecified atom stereocenters. The molecule has 1 N–H and O–H groups in total. The third kappa shape index (κ3) is 4.21. The predicted octanol–water partition coefficient (Wildman–Crippen LogP) is 3.15. The van der Waals surface area contributed by atoms with Crippen LogP contribution >= 0.6 is 0 Å². The van der Waals surface area contributed by atoms with Crippen LogP contribution in [0.4, 0.5) is 13.2 Å². The van der Waals surface area contributed by atoms with Crippen LogP contribution in [0.5, 0.6) is 0 Å². The van der Waals surface area contributed by atoms with Gasteiger partial charge in [-0.1, -0.05) is 72.8 Å². The van der Waals surface area contributed by atoms with E-state index < -0.39 is 17.3 Å². The van der Waals surface area contributed by atoms with Crippen LogP contribution in [0.2, 0.25) is 0 Å². The number of piperidine rings is 3. The van der Waals surface area contributed by atoms with Crippen molar-refractivity contribution < 1.29 is 39.7 Å². The van der Waals surface area contributed by atoms with Crippen molar-refractivity contribution in [2.75, 3.05) is 19.6 Å². The lowest BCUT2D eigenvalue weighted by atomic mass is 9.56. The molecule has 2 bridgehead atoms. The van der Waals surface area contributed by atoms with E-state index >= 15 is 0 Å². The van der Waals surface area contributed by atoms with E-state index in [2.05, 4.69) is 0 Å². The molecule has 0 aromatic heterocycles. The number of benzene rings is 3. The molecule has 180 valence electrons. The van der Waals surface area contributed by atoms with Gasteiger partial charge in [-0.15, -0.1) is 0 Å². The van der Waals surface area contributed by atoms with E-state index in [-0.39, 0.29) is 22.4 Å². The summed E-state index contributed by atoms with van der Waals surface area (Å²) in [6, 6.07) is 25.6. The molecule has 0 amide bonds. The molecule has 6 heteroatoms. The van der Waals surface area contributed by atoms with E-state index in [1.807, 2.05) is 66.7 Å². The number of rotatable bonds is 5. The molecule has 2 nitrogen and oxygen atoms in total. The van der Waals surface area contributed by atoms with E-state index in [4.69, 9.17) is 0 Å². The van der Waals surface area contributed by atoms with E-state index in [0.717, 1.165) is 66.1 Å². The van der Waals surface area contributed by atoms with E-state index in [9.17, 15) is 18.3 Å². The summed E-state index contributed by atoms with van der Waals surface area (Å²) in [5, 5.41) is 12.4. The molecule has 34 heavy (non-hydrogen) atoms. The van der Waals surface area contributed by atoms with Crippen molar-refractivity contribution >= 4 is 0 Å². The van der Waals surface area contributed by atoms with Gasteiger partial charge in [-0.2, -0.15) is 13.2 Å². The van der Waals surface area contributed by atoms with Gasteiger partial charge in [0, 0.05) is 30.2 Å². The van der Waals surface area contributed by atoms with Gasteiger partial charge < -0.3 is 26.6 Å². The normalized spacial score (nSPS) is 24.5. The SMILES string of the molecule is OC(c1ccccc1)(c1ccccc1)C12CC[N+](Cc3cccc(C(F)(F)F)c3)(CC1)CC2.[Br-]. The molecule has 3 aliphatic rings. The molecule has 6 rings (SSSR count). The number of alkyl halides is 3. The number of aliphatic hydroxyl groups is 1. The average molecular weight is 532 g/mol. The largest absolute Gasteiger partial charge is 1.00 e. The first-order valence-corrected chi connectivity index (χ1v) is 11.6. The topological polar surface area (TPSA) is 20.2 Å². The first-order valence-electron chi connectivity index (χ1n) is 11.6. The highest BCUT2D eigenvalue weighted by Crippen LogP contribution is 2.57. The van der Waals surface area contributed by atoms with Crippen LogP contribution in [0.3, 0.4) is 0 Å². The van der Waals surface area contributed by atoms with Crippen LogP contribution in [-0.2, 0) is 18.3 Å². The maximum atomic E-state index is 13.2. The number of quaternary nitrogens is 1. The zero-order chi connectivity index (χ0) is 23.2. The minimum Gasteiger partial charge on any atom is -1.00 e. The van der Waals surface area contributed by atoms with Crippen LogP contribution in [0, 0.1) is 5.41 Å². The maximum absolute atomic E-state index is 13.2. The number of halogens is 4. The summed E-state index contributed by atoms with van der Waals surface area (Å²) in [6.07, 6.45) is -1.80. The minimum absolute atomic E-state index is 0. The number of hydrogen-bond donors (Lipinski definition) is 1. The lowest BCUT2D eigenvalue weighted by Crippen LogP contribution is -3.00. The van der Waals surface area contributed by atoms with Gasteiger partial charge in [0.1, 0.15) is 12.1 Å². The Bertz CT molecular complexity index is 1050. The summed E-state index contributed by atoms with van der Waals surface area (Å²) in [4.78, 5) is 0. The quantitative estimate of drug-likeness (QED) is 0.501. The van der Waals surface area contributed by atoms with Crippen LogP contribution in [-0.4, -0.2) is 29.2 Å². The third-order valence-corrected chi connectivity index (χ3v) is 8.12. The third-order valence-electron chi connectivity index (χ3n) is 8.12. The zero-order valence-corrected chi connectivity index (χ0v) is 20.5. The Kier molecular flexibility index (Phi) is 6.71. The van der Waals surface area contributed by atoms with Gasteiger partial charge >= 0.3 is 6.18 Å². The highest BCUT2D eigenvalue weighted by molar-refractivity contribution is 5.39. The molecule has 0 aliphatic carbocycles. The average Bonchev–Trinajstić information content (AvgIpc) is 2.85. The monoisotopic (exact) mass is 531 g/mol. The molecule has 3 aliphatic heterocycles. The molecule has 0 atom stereocenters. The van der Waals surface area contributed by atoms with Gasteiger partial charge in [-0.05, 0) is 23.3 Å². The molecule has 3 heterocycles. The summed E-state index contributed by atoms with van der Waals surface area (Å²) >= 11 is 0. The first kappa shape index (κ1) is 25.0. The number of hydrogen-bond acceptors (Lipinski definition) is 1. The highest BCUT2D eigenvalue weighted by Gasteiger charge is 2.60. The number of nitrogens with zero attached hydrogens (tertiary/aromatic N) is 1. The van der Waals surface area contributed by atoms with Gasteiger partial charge in [0.05, 0.1) is 25.2 Å². The van der Waals surface area contributed by atoms with Crippen LogP contribution in [0.15, 0.2) is 84.9 Å². The summed E-state index contributed by atoms with van der Waals surface area (Å²) in [5.41, 5.74) is 0.600. The van der Waals surface area contributed by atoms with E-state index in [1.54, 1.807) is 0 Å². The summed E-state index contributed by atoms with van der Waals surface area (Å²) in [7, 11) is 0. The van der Waals surface area contributed by atoms with E-state index in [1.165, 1.54) is 12.1 Å². The second-order valence-electron chi connectivity index (χ2n) is 9.84. The molecule has 3 saturated heterocycles.